The van der Waals surface area contributed by atoms with Crippen LogP contribution in [0.3, 0.4) is 0 Å². The van der Waals surface area contributed by atoms with Crippen molar-refractivity contribution in [1.29, 1.82) is 0 Å². The maximum atomic E-state index is 14.4. The smallest absolute Gasteiger partial charge is 0.416 e. The second kappa shape index (κ2) is 15.1. The number of halogens is 10. The highest BCUT2D eigenvalue weighted by Gasteiger charge is 2.39. The van der Waals surface area contributed by atoms with Crippen molar-refractivity contribution in [3.05, 3.63) is 93.3 Å². The predicted octanol–water partition coefficient (Wildman–Crippen LogP) is 7.49. The summed E-state index contributed by atoms with van der Waals surface area (Å²) in [6.45, 7) is -0.395. The second-order valence-corrected chi connectivity index (χ2v) is 10.3. The number of hydrogen-bond donors (Lipinski definition) is 1. The van der Waals surface area contributed by atoms with E-state index in [1.54, 1.807) is 0 Å². The third-order valence-corrected chi connectivity index (χ3v) is 7.01. The Bertz CT molecular complexity index is 1710. The fourth-order valence-corrected chi connectivity index (χ4v) is 4.61. The van der Waals surface area contributed by atoms with Crippen LogP contribution >= 0.6 is 0 Å². The topological polar surface area (TPSA) is 85.3 Å². The average Bonchev–Trinajstić information content (AvgIpc) is 3.01. The zero-order valence-electron chi connectivity index (χ0n) is 25.5. The molecule has 0 radical (unpaired) electrons. The van der Waals surface area contributed by atoms with Crippen LogP contribution in [0.4, 0.5) is 43.9 Å². The molecule has 2 atom stereocenters. The van der Waals surface area contributed by atoms with Gasteiger partial charge in [-0.05, 0) is 54.4 Å². The van der Waals surface area contributed by atoms with Crippen LogP contribution in [-0.2, 0) is 39.4 Å². The van der Waals surface area contributed by atoms with E-state index in [4.69, 9.17) is 19.3 Å². The van der Waals surface area contributed by atoms with E-state index in [1.165, 1.54) is 6.92 Å². The van der Waals surface area contributed by atoms with E-state index in [-0.39, 0.29) is 34.9 Å². The van der Waals surface area contributed by atoms with Gasteiger partial charge in [0.15, 0.2) is 18.2 Å². The number of alkyl halides is 9. The zero-order chi connectivity index (χ0) is 36.9. The minimum Gasteiger partial charge on any atom is -0.495 e. The lowest BCUT2D eigenvalue weighted by atomic mass is 9.96. The zero-order valence-corrected chi connectivity index (χ0v) is 25.5. The molecular formula is C32H25F10NO6. The van der Waals surface area contributed by atoms with Crippen LogP contribution in [0.15, 0.2) is 48.5 Å². The predicted molar refractivity (Wildman–Crippen MR) is 151 cm³/mol. The number of carbonyl (C=O) groups excluding carboxylic acids is 1. The number of aliphatic carboxylic acids is 1. The van der Waals surface area contributed by atoms with E-state index in [9.17, 15) is 53.5 Å². The summed E-state index contributed by atoms with van der Waals surface area (Å²) in [7, 11) is 2.11. The molecule has 0 heterocycles. The molecule has 0 bridgehead atoms. The summed E-state index contributed by atoms with van der Waals surface area (Å²) in [6.07, 6.45) is -16.8. The summed E-state index contributed by atoms with van der Waals surface area (Å²) in [4.78, 5) is 23.9. The lowest BCUT2D eigenvalue weighted by Crippen LogP contribution is -2.37. The summed E-state index contributed by atoms with van der Waals surface area (Å²) in [5.74, 6) is 2.01. The number of methoxy groups -OCH3 is 2. The Labute approximate surface area is 272 Å². The molecule has 0 unspecified atom stereocenters. The highest BCUT2D eigenvalue weighted by atomic mass is 19.4. The van der Waals surface area contributed by atoms with E-state index in [1.807, 2.05) is 0 Å². The molecule has 3 aromatic rings. The molecule has 1 N–H and O–H groups in total. The van der Waals surface area contributed by atoms with E-state index in [0.29, 0.717) is 24.3 Å². The van der Waals surface area contributed by atoms with Crippen molar-refractivity contribution in [2.24, 2.45) is 0 Å². The maximum absolute atomic E-state index is 14.4. The Morgan fingerprint density at radius 2 is 1.41 bits per heavy atom. The molecule has 7 nitrogen and oxygen atoms in total. The van der Waals surface area contributed by atoms with Gasteiger partial charge < -0.3 is 24.2 Å². The van der Waals surface area contributed by atoms with Gasteiger partial charge in [0.25, 0.3) is 0 Å². The minimum absolute atomic E-state index is 0.0831. The van der Waals surface area contributed by atoms with Crippen molar-refractivity contribution in [2.75, 3.05) is 20.8 Å². The van der Waals surface area contributed by atoms with Crippen molar-refractivity contribution >= 4 is 12.4 Å². The van der Waals surface area contributed by atoms with Crippen molar-refractivity contribution in [3.63, 3.8) is 0 Å². The lowest BCUT2D eigenvalue weighted by Gasteiger charge is -2.32. The van der Waals surface area contributed by atoms with Gasteiger partial charge in [0.05, 0.1) is 35.4 Å². The van der Waals surface area contributed by atoms with Gasteiger partial charge >= 0.3 is 24.5 Å². The molecule has 3 aromatic carbocycles. The largest absolute Gasteiger partial charge is 0.495 e. The fourth-order valence-electron chi connectivity index (χ4n) is 4.61. The Kier molecular flexibility index (Phi) is 11.8. The van der Waals surface area contributed by atoms with E-state index < -0.39 is 83.6 Å². The second-order valence-electron chi connectivity index (χ2n) is 10.3. The SMILES string of the molecule is COc1cc(F)c(OCC(=O)O)cc1C#Cc1ccc(C(F)(F)F)cc1CN(C=O)[C@@H](C)[C@H](OC)c1cc(C(F)(F)F)cc(C(F)(F)F)c1. The van der Waals surface area contributed by atoms with E-state index in [0.717, 1.165) is 37.3 Å². The van der Waals surface area contributed by atoms with Crippen molar-refractivity contribution in [1.82, 2.24) is 4.90 Å². The van der Waals surface area contributed by atoms with E-state index >= 15 is 0 Å². The van der Waals surface area contributed by atoms with Crippen LogP contribution in [0.5, 0.6) is 11.5 Å². The molecule has 0 spiro atoms. The van der Waals surface area contributed by atoms with Gasteiger partial charge in [-0.15, -0.1) is 0 Å². The quantitative estimate of drug-likeness (QED) is 0.126. The molecule has 1 amide bonds. The van der Waals surface area contributed by atoms with Gasteiger partial charge in [0, 0.05) is 31.4 Å². The molecule has 0 saturated heterocycles. The first-order chi connectivity index (χ1) is 22.7. The number of rotatable bonds is 11. The normalized spacial score (nSPS) is 13.2. The Balaban J connectivity index is 2.10. The lowest BCUT2D eigenvalue weighted by molar-refractivity contribution is -0.144. The van der Waals surface area contributed by atoms with Gasteiger partial charge in [-0.3, -0.25) is 4.79 Å². The summed E-state index contributed by atoms with van der Waals surface area (Å²) >= 11 is 0. The molecule has 0 aliphatic rings. The molecular weight excluding hydrogens is 684 g/mol. The van der Waals surface area contributed by atoms with Crippen LogP contribution in [-0.4, -0.2) is 49.3 Å². The number of carbonyl (C=O) groups is 2. The Morgan fingerprint density at radius 1 is 0.837 bits per heavy atom. The number of benzene rings is 3. The Hall–Kier alpha value is -4.98. The Morgan fingerprint density at radius 3 is 1.90 bits per heavy atom. The van der Waals surface area contributed by atoms with Crippen molar-refractivity contribution in [2.45, 2.75) is 44.1 Å². The number of hydrogen-bond acceptors (Lipinski definition) is 5. The first-order valence-electron chi connectivity index (χ1n) is 13.7. The van der Waals surface area contributed by atoms with Crippen LogP contribution < -0.4 is 9.47 Å². The number of nitrogens with zero attached hydrogens (tertiary/aromatic N) is 1. The van der Waals surface area contributed by atoms with Gasteiger partial charge in [-0.2, -0.15) is 39.5 Å². The molecule has 0 aliphatic heterocycles. The number of amides is 1. The molecule has 0 fully saturated rings. The van der Waals surface area contributed by atoms with Crippen molar-refractivity contribution < 1.29 is 72.8 Å². The third kappa shape index (κ3) is 9.78. The molecule has 49 heavy (non-hydrogen) atoms. The maximum Gasteiger partial charge on any atom is 0.416 e. The van der Waals surface area contributed by atoms with E-state index in [2.05, 4.69) is 11.8 Å². The van der Waals surface area contributed by atoms with Gasteiger partial charge in [-0.1, -0.05) is 11.8 Å². The standard InChI is InChI=1S/C32H25F10NO6/c1-17(29(48-3)20-8-23(31(37,38)39)12-24(9-20)32(40,41)42)43(16-44)14-21-10-22(30(34,35)36)7-6-18(21)4-5-19-11-27(49-15-28(45)46)25(33)13-26(19)47-2/h6-13,16-17,29H,14-15H2,1-3H3,(H,45,46)/t17-,29-/m0/s1. The third-order valence-electron chi connectivity index (χ3n) is 7.01. The highest BCUT2D eigenvalue weighted by molar-refractivity contribution is 5.68. The van der Waals surface area contributed by atoms with Gasteiger partial charge in [0.2, 0.25) is 6.41 Å². The number of ether oxygens (including phenoxy) is 3. The molecule has 0 aromatic heterocycles. The fraction of sp³-hybridized carbons (Fsp3) is 0.312. The van der Waals surface area contributed by atoms with Gasteiger partial charge in [-0.25, -0.2) is 9.18 Å². The molecule has 0 saturated carbocycles. The van der Waals surface area contributed by atoms with Crippen LogP contribution in [0, 0.1) is 17.7 Å². The van der Waals surface area contributed by atoms with Crippen molar-refractivity contribution in [3.8, 4) is 23.3 Å². The molecule has 17 heteroatoms. The number of carboxylic acids is 1. The number of carboxylic acid groups (broad SMARTS) is 1. The van der Waals surface area contributed by atoms with Crippen LogP contribution in [0.1, 0.15) is 52.0 Å². The summed E-state index contributed by atoms with van der Waals surface area (Å²) in [5.41, 5.74) is -5.54. The average molecular weight is 710 g/mol. The highest BCUT2D eigenvalue weighted by Crippen LogP contribution is 2.39. The van der Waals surface area contributed by atoms with Crippen LogP contribution in [0.2, 0.25) is 0 Å². The first kappa shape index (κ1) is 38.5. The first-order valence-corrected chi connectivity index (χ1v) is 13.7. The summed E-state index contributed by atoms with van der Waals surface area (Å²) < 4.78 is 152. The monoisotopic (exact) mass is 709 g/mol. The minimum atomic E-state index is -5.19. The summed E-state index contributed by atoms with van der Waals surface area (Å²) in [5, 5.41) is 8.83. The molecule has 3 rings (SSSR count). The molecule has 0 aliphatic carbocycles. The van der Waals surface area contributed by atoms with Crippen LogP contribution in [0.25, 0.3) is 0 Å². The summed E-state index contributed by atoms with van der Waals surface area (Å²) in [6, 6.07) is 3.46. The van der Waals surface area contributed by atoms with Gasteiger partial charge in [0.1, 0.15) is 11.9 Å². The molecule has 264 valence electrons.